The van der Waals surface area contributed by atoms with Gasteiger partial charge >= 0.3 is 5.97 Å². The molecular weight excluding hydrogens is 326 g/mol. The van der Waals surface area contributed by atoms with Gasteiger partial charge < -0.3 is 4.84 Å². The number of hydrogen-bond acceptors (Lipinski definition) is 3. The number of benzene rings is 2. The van der Waals surface area contributed by atoms with Gasteiger partial charge in [0.25, 0.3) is 5.91 Å². The predicted octanol–water partition coefficient (Wildman–Crippen LogP) is 4.49. The number of carbonyl (C=O) groups excluding carboxylic acids is 2. The van der Waals surface area contributed by atoms with Gasteiger partial charge in [-0.15, -0.1) is 0 Å². The maximum absolute atomic E-state index is 11.9. The summed E-state index contributed by atoms with van der Waals surface area (Å²) < 4.78 is 0. The monoisotopic (exact) mass is 351 g/mol. The highest BCUT2D eigenvalue weighted by Crippen LogP contribution is 2.17. The van der Waals surface area contributed by atoms with E-state index in [2.05, 4.69) is 31.5 Å². The summed E-state index contributed by atoms with van der Waals surface area (Å²) in [7, 11) is 0. The fraction of sp³-hybridized carbons (Fsp3) is 0.273. The molecule has 0 aliphatic rings. The van der Waals surface area contributed by atoms with E-state index >= 15 is 0 Å². The van der Waals surface area contributed by atoms with Crippen molar-refractivity contribution in [1.82, 2.24) is 5.48 Å². The Morgan fingerprint density at radius 2 is 1.65 bits per heavy atom. The van der Waals surface area contributed by atoms with Crippen molar-refractivity contribution in [3.63, 3.8) is 0 Å². The Bertz CT molecular complexity index is 766. The summed E-state index contributed by atoms with van der Waals surface area (Å²) in [4.78, 5) is 28.4. The Morgan fingerprint density at radius 1 is 0.962 bits per heavy atom. The normalized spacial score (nSPS) is 10.7. The van der Waals surface area contributed by atoms with Gasteiger partial charge in [0.2, 0.25) is 0 Å². The zero-order valence-corrected chi connectivity index (χ0v) is 15.3. The van der Waals surface area contributed by atoms with Crippen LogP contribution in [-0.2, 0) is 22.5 Å². The molecule has 0 saturated carbocycles. The first-order chi connectivity index (χ1) is 12.6. The Labute approximate surface area is 154 Å². The van der Waals surface area contributed by atoms with Crippen LogP contribution in [0.15, 0.2) is 54.6 Å². The minimum atomic E-state index is -0.596. The van der Waals surface area contributed by atoms with E-state index in [-0.39, 0.29) is 0 Å². The third-order valence-corrected chi connectivity index (χ3v) is 3.95. The summed E-state index contributed by atoms with van der Waals surface area (Å²) in [6.07, 6.45) is 7.37. The number of carbonyl (C=O) groups is 2. The first-order valence-electron chi connectivity index (χ1n) is 9.00. The van der Waals surface area contributed by atoms with Gasteiger partial charge in [-0.1, -0.05) is 63.1 Å². The van der Waals surface area contributed by atoms with Crippen molar-refractivity contribution in [3.8, 4) is 0 Å². The van der Waals surface area contributed by atoms with Crippen molar-refractivity contribution in [2.45, 2.75) is 39.5 Å². The topological polar surface area (TPSA) is 55.4 Å². The second-order valence-electron chi connectivity index (χ2n) is 6.08. The number of hydrogen-bond donors (Lipinski definition) is 1. The number of hydroxylamine groups is 1. The van der Waals surface area contributed by atoms with E-state index in [1.165, 1.54) is 17.2 Å². The zero-order valence-electron chi connectivity index (χ0n) is 15.3. The van der Waals surface area contributed by atoms with Crippen LogP contribution < -0.4 is 5.48 Å². The van der Waals surface area contributed by atoms with Crippen LogP contribution in [0.4, 0.5) is 0 Å². The molecule has 0 fully saturated rings. The lowest BCUT2D eigenvalue weighted by atomic mass is 9.97. The predicted molar refractivity (Wildman–Crippen MR) is 103 cm³/mol. The maximum atomic E-state index is 11.9. The second kappa shape index (κ2) is 10.2. The molecule has 2 aromatic rings. The molecule has 0 aromatic heterocycles. The molecule has 26 heavy (non-hydrogen) atoms. The van der Waals surface area contributed by atoms with Gasteiger partial charge in [-0.3, -0.25) is 4.79 Å². The fourth-order valence-corrected chi connectivity index (χ4v) is 2.70. The van der Waals surface area contributed by atoms with Crippen LogP contribution in [0.5, 0.6) is 0 Å². The summed E-state index contributed by atoms with van der Waals surface area (Å²) in [6, 6.07) is 14.8. The zero-order chi connectivity index (χ0) is 18.8. The lowest BCUT2D eigenvalue weighted by Crippen LogP contribution is -2.25. The van der Waals surface area contributed by atoms with Gasteiger partial charge in [-0.2, -0.15) is 5.48 Å². The number of amides is 1. The molecule has 0 aliphatic carbocycles. The highest BCUT2D eigenvalue weighted by atomic mass is 16.7. The van der Waals surface area contributed by atoms with E-state index in [1.54, 1.807) is 36.4 Å². The van der Waals surface area contributed by atoms with Gasteiger partial charge in [0, 0.05) is 6.08 Å². The molecule has 2 rings (SSSR count). The van der Waals surface area contributed by atoms with Crippen LogP contribution >= 0.6 is 0 Å². The molecule has 0 radical (unpaired) electrons. The van der Waals surface area contributed by atoms with Crippen LogP contribution in [-0.4, -0.2) is 11.9 Å². The van der Waals surface area contributed by atoms with E-state index in [0.717, 1.165) is 31.2 Å². The molecule has 0 heterocycles. The van der Waals surface area contributed by atoms with Gasteiger partial charge in [0.05, 0.1) is 5.56 Å². The SMILES string of the molecule is CCCc1ccc(C=CC(=O)NOC(=O)c2ccccc2)cc1CCC. The molecule has 0 saturated heterocycles. The molecule has 0 bridgehead atoms. The van der Waals surface area contributed by atoms with Crippen molar-refractivity contribution in [3.05, 3.63) is 76.9 Å². The third-order valence-electron chi connectivity index (χ3n) is 3.95. The molecule has 136 valence electrons. The lowest BCUT2D eigenvalue weighted by Gasteiger charge is -2.09. The molecule has 1 amide bonds. The smallest absolute Gasteiger partial charge is 0.335 e. The molecule has 4 nitrogen and oxygen atoms in total. The van der Waals surface area contributed by atoms with Crippen LogP contribution in [0.25, 0.3) is 6.08 Å². The molecular formula is C22H25NO3. The Morgan fingerprint density at radius 3 is 2.35 bits per heavy atom. The van der Waals surface area contributed by atoms with Crippen molar-refractivity contribution < 1.29 is 14.4 Å². The van der Waals surface area contributed by atoms with Crippen molar-refractivity contribution in [2.75, 3.05) is 0 Å². The summed E-state index contributed by atoms with van der Waals surface area (Å²) in [5, 5.41) is 0. The molecule has 0 unspecified atom stereocenters. The lowest BCUT2D eigenvalue weighted by molar-refractivity contribution is -0.124. The summed E-state index contributed by atoms with van der Waals surface area (Å²) in [6.45, 7) is 4.33. The highest BCUT2D eigenvalue weighted by molar-refractivity contribution is 5.94. The molecule has 0 spiro atoms. The number of rotatable bonds is 7. The first kappa shape index (κ1) is 19.4. The standard InChI is InChI=1S/C22H25NO3/c1-3-8-18-14-12-17(16-20(18)9-4-2)13-15-21(24)23-26-22(25)19-10-6-5-7-11-19/h5-7,10-16H,3-4,8-9H2,1-2H3,(H,23,24). The van der Waals surface area contributed by atoms with E-state index in [4.69, 9.17) is 4.84 Å². The summed E-state index contributed by atoms with van der Waals surface area (Å²) in [5.74, 6) is -1.08. The molecule has 4 heteroatoms. The molecule has 1 N–H and O–H groups in total. The van der Waals surface area contributed by atoms with Crippen molar-refractivity contribution in [1.29, 1.82) is 0 Å². The van der Waals surface area contributed by atoms with Crippen LogP contribution in [0.1, 0.15) is 53.7 Å². The molecule has 2 aromatic carbocycles. The van der Waals surface area contributed by atoms with Crippen LogP contribution in [0, 0.1) is 0 Å². The average molecular weight is 351 g/mol. The summed E-state index contributed by atoms with van der Waals surface area (Å²) in [5.41, 5.74) is 6.18. The highest BCUT2D eigenvalue weighted by Gasteiger charge is 2.07. The molecule has 0 aliphatic heterocycles. The maximum Gasteiger partial charge on any atom is 0.362 e. The Kier molecular flexibility index (Phi) is 7.62. The van der Waals surface area contributed by atoms with Crippen molar-refractivity contribution in [2.24, 2.45) is 0 Å². The second-order valence-corrected chi connectivity index (χ2v) is 6.08. The number of aryl methyl sites for hydroxylation is 2. The summed E-state index contributed by atoms with van der Waals surface area (Å²) >= 11 is 0. The van der Waals surface area contributed by atoms with Gasteiger partial charge in [0.15, 0.2) is 0 Å². The largest absolute Gasteiger partial charge is 0.362 e. The van der Waals surface area contributed by atoms with Gasteiger partial charge in [0.1, 0.15) is 0 Å². The quantitative estimate of drug-likeness (QED) is 0.590. The van der Waals surface area contributed by atoms with Crippen LogP contribution in [0.3, 0.4) is 0 Å². The fourth-order valence-electron chi connectivity index (χ4n) is 2.70. The minimum Gasteiger partial charge on any atom is -0.335 e. The van der Waals surface area contributed by atoms with Crippen molar-refractivity contribution >= 4 is 18.0 Å². The third kappa shape index (κ3) is 5.88. The van der Waals surface area contributed by atoms with E-state index in [0.29, 0.717) is 5.56 Å². The van der Waals surface area contributed by atoms with E-state index in [1.807, 2.05) is 6.07 Å². The Hall–Kier alpha value is -2.88. The first-order valence-corrected chi connectivity index (χ1v) is 9.00. The minimum absolute atomic E-state index is 0.382. The van der Waals surface area contributed by atoms with E-state index < -0.39 is 11.9 Å². The van der Waals surface area contributed by atoms with Gasteiger partial charge in [-0.25, -0.2) is 4.79 Å². The number of nitrogens with one attached hydrogen (secondary N) is 1. The average Bonchev–Trinajstić information content (AvgIpc) is 2.67. The van der Waals surface area contributed by atoms with E-state index in [9.17, 15) is 9.59 Å². The van der Waals surface area contributed by atoms with Gasteiger partial charge in [-0.05, 0) is 47.7 Å². The molecule has 0 atom stereocenters. The Balaban J connectivity index is 1.94. The van der Waals surface area contributed by atoms with Crippen LogP contribution in [0.2, 0.25) is 0 Å².